The van der Waals surface area contributed by atoms with Crippen LogP contribution in [0.5, 0.6) is 0 Å². The second-order valence-electron chi connectivity index (χ2n) is 9.97. The molecule has 0 radical (unpaired) electrons. The van der Waals surface area contributed by atoms with Gasteiger partial charge in [-0.25, -0.2) is 8.78 Å². The predicted molar refractivity (Wildman–Crippen MR) is 122 cm³/mol. The number of alkyl halides is 3. The van der Waals surface area contributed by atoms with Gasteiger partial charge in [-0.05, 0) is 67.6 Å². The maximum absolute atomic E-state index is 13.6. The van der Waals surface area contributed by atoms with Gasteiger partial charge in [0.25, 0.3) is 0 Å². The van der Waals surface area contributed by atoms with Crippen LogP contribution < -0.4 is 0 Å². The molecule has 2 fully saturated rings. The molecule has 1 aromatic rings. The van der Waals surface area contributed by atoms with Crippen molar-refractivity contribution in [2.24, 2.45) is 23.7 Å². The molecule has 0 amide bonds. The van der Waals surface area contributed by atoms with Gasteiger partial charge >= 0.3 is 6.18 Å². The molecule has 3 rings (SSSR count). The van der Waals surface area contributed by atoms with Gasteiger partial charge in [-0.15, -0.1) is 0 Å². The van der Waals surface area contributed by atoms with Gasteiger partial charge < -0.3 is 0 Å². The molecule has 0 saturated heterocycles. The molecule has 0 bridgehead atoms. The minimum absolute atomic E-state index is 0.102. The first-order chi connectivity index (χ1) is 15.8. The average molecular weight is 467 g/mol. The van der Waals surface area contributed by atoms with Gasteiger partial charge in [-0.2, -0.15) is 13.2 Å². The van der Waals surface area contributed by atoms with Gasteiger partial charge in [0.2, 0.25) is 0 Å². The lowest BCUT2D eigenvalue weighted by Gasteiger charge is -2.31. The van der Waals surface area contributed by atoms with Gasteiger partial charge in [0, 0.05) is 5.56 Å². The first-order valence-corrected chi connectivity index (χ1v) is 12.5. The number of rotatable bonds is 6. The van der Waals surface area contributed by atoms with Gasteiger partial charge in [-0.1, -0.05) is 76.2 Å². The summed E-state index contributed by atoms with van der Waals surface area (Å²) in [7, 11) is 0. The minimum atomic E-state index is -5.06. The third-order valence-electron chi connectivity index (χ3n) is 7.53. The van der Waals surface area contributed by atoms with Crippen molar-refractivity contribution in [2.75, 3.05) is 0 Å². The highest BCUT2D eigenvalue weighted by Crippen LogP contribution is 2.38. The zero-order valence-corrected chi connectivity index (χ0v) is 19.5. The fourth-order valence-corrected chi connectivity index (χ4v) is 5.58. The van der Waals surface area contributed by atoms with E-state index in [1.54, 1.807) is 6.08 Å². The maximum Gasteiger partial charge on any atom is 0.422 e. The molecule has 2 saturated carbocycles. The van der Waals surface area contributed by atoms with Crippen LogP contribution in [0.15, 0.2) is 24.3 Å². The second kappa shape index (κ2) is 12.0. The van der Waals surface area contributed by atoms with E-state index in [1.165, 1.54) is 64.2 Å². The fourth-order valence-electron chi connectivity index (χ4n) is 5.58. The normalized spacial score (nSPS) is 26.2. The van der Waals surface area contributed by atoms with Crippen LogP contribution in [0.3, 0.4) is 0 Å². The lowest BCUT2D eigenvalue weighted by molar-refractivity contribution is -0.142. The van der Waals surface area contributed by atoms with Crippen molar-refractivity contribution in [1.29, 1.82) is 0 Å². The maximum atomic E-state index is 13.6. The van der Waals surface area contributed by atoms with Crippen LogP contribution in [-0.4, -0.2) is 0 Å². The van der Waals surface area contributed by atoms with Crippen LogP contribution in [0, 0.1) is 47.1 Å². The van der Waals surface area contributed by atoms with E-state index in [0.29, 0.717) is 18.1 Å². The van der Waals surface area contributed by atoms with E-state index < -0.39 is 23.4 Å². The van der Waals surface area contributed by atoms with Gasteiger partial charge in [0.1, 0.15) is 17.2 Å². The van der Waals surface area contributed by atoms with E-state index >= 15 is 0 Å². The molecule has 33 heavy (non-hydrogen) atoms. The molecule has 0 unspecified atom stereocenters. The van der Waals surface area contributed by atoms with Crippen LogP contribution in [0.1, 0.15) is 95.1 Å². The van der Waals surface area contributed by atoms with E-state index in [4.69, 9.17) is 0 Å². The van der Waals surface area contributed by atoms with Crippen molar-refractivity contribution in [1.82, 2.24) is 0 Å². The highest BCUT2D eigenvalue weighted by molar-refractivity contribution is 5.40. The van der Waals surface area contributed by atoms with Crippen molar-refractivity contribution >= 4 is 0 Å². The van der Waals surface area contributed by atoms with Crippen LogP contribution in [0.2, 0.25) is 0 Å². The third kappa shape index (κ3) is 7.87. The Hall–Kier alpha value is -1.83. The Morgan fingerprint density at radius 2 is 1.30 bits per heavy atom. The molecule has 2 aliphatic rings. The highest BCUT2D eigenvalue weighted by Gasteiger charge is 2.37. The Labute approximate surface area is 195 Å². The van der Waals surface area contributed by atoms with E-state index in [1.807, 2.05) is 6.08 Å². The first-order valence-electron chi connectivity index (χ1n) is 12.5. The summed E-state index contributed by atoms with van der Waals surface area (Å²) in [6.07, 6.45) is 14.4. The van der Waals surface area contributed by atoms with E-state index in [0.717, 1.165) is 30.6 Å². The summed E-state index contributed by atoms with van der Waals surface area (Å²) < 4.78 is 65.2. The molecular formula is C28H35F5. The van der Waals surface area contributed by atoms with Crippen molar-refractivity contribution in [3.8, 4) is 11.8 Å². The van der Waals surface area contributed by atoms with Crippen molar-refractivity contribution in [3.05, 3.63) is 47.0 Å². The summed E-state index contributed by atoms with van der Waals surface area (Å²) >= 11 is 0. The molecule has 0 atom stereocenters. The third-order valence-corrected chi connectivity index (χ3v) is 7.53. The van der Waals surface area contributed by atoms with Gasteiger partial charge in [0.15, 0.2) is 0 Å². The summed E-state index contributed by atoms with van der Waals surface area (Å²) in [6.45, 7) is 2.28. The number of hydrogen-bond acceptors (Lipinski definition) is 0. The van der Waals surface area contributed by atoms with Crippen molar-refractivity contribution in [2.45, 2.75) is 90.1 Å². The lowest BCUT2D eigenvalue weighted by atomic mass is 9.75. The molecule has 0 aliphatic heterocycles. The van der Waals surface area contributed by atoms with Crippen LogP contribution in [0.25, 0.3) is 0 Å². The van der Waals surface area contributed by atoms with Crippen LogP contribution >= 0.6 is 0 Å². The molecule has 0 spiro atoms. The SMILES string of the molecule is CCCC1CCC(CCC2CCC(C=CC#Cc3cc(F)c(C(F)(F)F)c(F)c3)CC2)CC1. The Morgan fingerprint density at radius 1 is 0.818 bits per heavy atom. The Morgan fingerprint density at radius 3 is 1.79 bits per heavy atom. The molecule has 1 aromatic carbocycles. The Kier molecular flexibility index (Phi) is 9.41. The molecular weight excluding hydrogens is 431 g/mol. The molecule has 2 aliphatic carbocycles. The molecule has 0 N–H and O–H groups in total. The zero-order valence-electron chi connectivity index (χ0n) is 19.5. The monoisotopic (exact) mass is 466 g/mol. The quantitative estimate of drug-likeness (QED) is 0.290. The summed E-state index contributed by atoms with van der Waals surface area (Å²) in [4.78, 5) is 0. The highest BCUT2D eigenvalue weighted by atomic mass is 19.4. The first kappa shape index (κ1) is 25.8. The van der Waals surface area contributed by atoms with Gasteiger partial charge in [-0.3, -0.25) is 0 Å². The summed E-state index contributed by atoms with van der Waals surface area (Å²) in [5.41, 5.74) is -1.97. The summed E-state index contributed by atoms with van der Waals surface area (Å²) in [5, 5.41) is 0. The Bertz CT molecular complexity index is 818. The standard InChI is InChI=1S/C28H35F5/c1-2-5-20-8-12-22(13-9-20)16-17-23-14-10-21(11-15-23)6-3-4-7-24-18-25(29)27(26(30)19-24)28(31,32)33/h3,6,18-23H,2,5,8-17H2,1H3. The topological polar surface area (TPSA) is 0 Å². The minimum Gasteiger partial charge on any atom is -0.206 e. The van der Waals surface area contributed by atoms with Crippen LogP contribution in [0.4, 0.5) is 22.0 Å². The van der Waals surface area contributed by atoms with E-state index in [-0.39, 0.29) is 5.56 Å². The number of benzene rings is 1. The molecule has 0 nitrogen and oxygen atoms in total. The number of halogens is 5. The van der Waals surface area contributed by atoms with Crippen molar-refractivity contribution < 1.29 is 22.0 Å². The zero-order chi connectivity index (χ0) is 23.8. The van der Waals surface area contributed by atoms with E-state index in [9.17, 15) is 22.0 Å². The van der Waals surface area contributed by atoms with E-state index in [2.05, 4.69) is 18.8 Å². The average Bonchev–Trinajstić information content (AvgIpc) is 2.76. The van der Waals surface area contributed by atoms with Crippen molar-refractivity contribution in [3.63, 3.8) is 0 Å². The van der Waals surface area contributed by atoms with Crippen LogP contribution in [-0.2, 0) is 6.18 Å². The molecule has 0 heterocycles. The predicted octanol–water partition coefficient (Wildman–Crippen LogP) is 9.08. The molecule has 0 aromatic heterocycles. The number of allylic oxidation sites excluding steroid dienone is 2. The summed E-state index contributed by atoms with van der Waals surface area (Å²) in [6, 6.07) is 1.27. The molecule has 182 valence electrons. The lowest BCUT2D eigenvalue weighted by Crippen LogP contribution is -2.17. The largest absolute Gasteiger partial charge is 0.422 e. The molecule has 5 heteroatoms. The second-order valence-corrected chi connectivity index (χ2v) is 9.97. The Balaban J connectivity index is 1.40. The van der Waals surface area contributed by atoms with Gasteiger partial charge in [0.05, 0.1) is 0 Å². The number of hydrogen-bond donors (Lipinski definition) is 0. The smallest absolute Gasteiger partial charge is 0.206 e. The fraction of sp³-hybridized carbons (Fsp3) is 0.643. The summed E-state index contributed by atoms with van der Waals surface area (Å²) in [5.74, 6) is 5.12.